The molecule has 0 N–H and O–H groups in total. The molecule has 0 aliphatic heterocycles. The first-order chi connectivity index (χ1) is 24.6. The van der Waals surface area contributed by atoms with Gasteiger partial charge in [0.1, 0.15) is 0 Å². The second-order valence-corrected chi connectivity index (χ2v) is 12.7. The molecular formula is C45H31N5. The summed E-state index contributed by atoms with van der Waals surface area (Å²) >= 11 is 0. The molecule has 0 aliphatic carbocycles. The van der Waals surface area contributed by atoms with Crippen LogP contribution < -0.4 is 0 Å². The topological polar surface area (TPSA) is 64.5 Å². The summed E-state index contributed by atoms with van der Waals surface area (Å²) < 4.78 is 0. The maximum atomic E-state index is 5.13. The zero-order valence-electron chi connectivity index (χ0n) is 27.7. The Balaban J connectivity index is 1.13. The normalized spacial score (nSPS) is 11.4. The van der Waals surface area contributed by atoms with Crippen LogP contribution in [-0.4, -0.2) is 24.9 Å². The summed E-state index contributed by atoms with van der Waals surface area (Å²) in [7, 11) is 0. The van der Waals surface area contributed by atoms with E-state index in [9.17, 15) is 0 Å². The minimum atomic E-state index is 0.681. The molecule has 0 bridgehead atoms. The molecule has 9 rings (SSSR count). The fraction of sp³-hybridized carbons (Fsp3) is 0.0444. The van der Waals surface area contributed by atoms with Gasteiger partial charge in [-0.05, 0) is 55.3 Å². The summed E-state index contributed by atoms with van der Waals surface area (Å²) in [5, 5.41) is 3.33. The molecule has 0 atom stereocenters. The third kappa shape index (κ3) is 5.35. The van der Waals surface area contributed by atoms with E-state index in [1.54, 1.807) is 0 Å². The van der Waals surface area contributed by atoms with E-state index in [0.29, 0.717) is 5.82 Å². The van der Waals surface area contributed by atoms with Crippen LogP contribution in [-0.2, 0) is 0 Å². The Hall–Kier alpha value is -6.59. The van der Waals surface area contributed by atoms with Crippen molar-refractivity contribution in [2.45, 2.75) is 13.8 Å². The molecule has 0 spiro atoms. The molecule has 0 fully saturated rings. The summed E-state index contributed by atoms with van der Waals surface area (Å²) in [5.74, 6) is 0.681. The zero-order chi connectivity index (χ0) is 33.6. The van der Waals surface area contributed by atoms with Gasteiger partial charge < -0.3 is 0 Å². The number of nitrogens with zero attached hydrogens (tertiary/aromatic N) is 5. The van der Waals surface area contributed by atoms with Crippen LogP contribution in [0.2, 0.25) is 0 Å². The number of benzene rings is 5. The Labute approximate surface area is 290 Å². The lowest BCUT2D eigenvalue weighted by molar-refractivity contribution is 1.18. The van der Waals surface area contributed by atoms with Gasteiger partial charge in [-0.2, -0.15) is 0 Å². The monoisotopic (exact) mass is 641 g/mol. The quantitative estimate of drug-likeness (QED) is 0.175. The molecule has 5 nitrogen and oxygen atoms in total. The van der Waals surface area contributed by atoms with E-state index in [0.717, 1.165) is 88.9 Å². The molecule has 0 amide bonds. The molecule has 5 aromatic carbocycles. The number of aryl methyl sites for hydroxylation is 2. The highest BCUT2D eigenvalue weighted by Gasteiger charge is 2.14. The Morgan fingerprint density at radius 2 is 1.08 bits per heavy atom. The lowest BCUT2D eigenvalue weighted by Crippen LogP contribution is -1.96. The third-order valence-electron chi connectivity index (χ3n) is 9.31. The maximum Gasteiger partial charge on any atom is 0.160 e. The summed E-state index contributed by atoms with van der Waals surface area (Å²) in [6.07, 6.45) is 1.85. The van der Waals surface area contributed by atoms with Crippen LogP contribution in [0.15, 0.2) is 152 Å². The van der Waals surface area contributed by atoms with E-state index in [1.165, 1.54) is 5.56 Å². The van der Waals surface area contributed by atoms with E-state index in [4.69, 9.17) is 24.9 Å². The molecular weight excluding hydrogens is 611 g/mol. The number of para-hydroxylation sites is 1. The Morgan fingerprint density at radius 3 is 1.92 bits per heavy atom. The average Bonchev–Trinajstić information content (AvgIpc) is 3.17. The van der Waals surface area contributed by atoms with Crippen LogP contribution in [0.25, 0.3) is 89.0 Å². The predicted octanol–water partition coefficient (Wildman–Crippen LogP) is 11.1. The molecule has 0 saturated heterocycles. The Kier molecular flexibility index (Phi) is 7.17. The standard InChI is InChI=1S/C45H31N5/c1-28-25-29(2)47-44-37(28)22-20-33-21-23-39(48-43(33)44)30-16-18-31(19-17-30)40-27-41(50-45(49-40)34-9-4-3-5-10-34)36-13-6-12-35(26-36)38-15-7-11-32-14-8-24-46-42(32)38/h3-27H,1-2H3. The van der Waals surface area contributed by atoms with Gasteiger partial charge in [0, 0.05) is 55.9 Å². The summed E-state index contributed by atoms with van der Waals surface area (Å²) in [6.45, 7) is 4.17. The van der Waals surface area contributed by atoms with Crippen LogP contribution >= 0.6 is 0 Å². The molecule has 50 heavy (non-hydrogen) atoms. The Bertz CT molecular complexity index is 2710. The van der Waals surface area contributed by atoms with Crippen molar-refractivity contribution in [3.63, 3.8) is 0 Å². The third-order valence-corrected chi connectivity index (χ3v) is 9.31. The molecule has 4 aromatic heterocycles. The number of aromatic nitrogens is 5. The van der Waals surface area contributed by atoms with Gasteiger partial charge in [-0.1, -0.05) is 115 Å². The van der Waals surface area contributed by atoms with Gasteiger partial charge in [0.2, 0.25) is 0 Å². The van der Waals surface area contributed by atoms with Crippen LogP contribution in [0, 0.1) is 13.8 Å². The summed E-state index contributed by atoms with van der Waals surface area (Å²) in [6, 6.07) is 50.2. The first-order valence-corrected chi connectivity index (χ1v) is 16.7. The van der Waals surface area contributed by atoms with Gasteiger partial charge in [-0.25, -0.2) is 15.0 Å². The van der Waals surface area contributed by atoms with E-state index in [2.05, 4.69) is 128 Å². The maximum absolute atomic E-state index is 5.13. The van der Waals surface area contributed by atoms with Crippen molar-refractivity contribution in [1.29, 1.82) is 0 Å². The largest absolute Gasteiger partial charge is 0.256 e. The highest BCUT2D eigenvalue weighted by molar-refractivity contribution is 6.04. The van der Waals surface area contributed by atoms with Crippen molar-refractivity contribution in [2.24, 2.45) is 0 Å². The molecule has 4 heterocycles. The van der Waals surface area contributed by atoms with Crippen molar-refractivity contribution in [1.82, 2.24) is 24.9 Å². The lowest BCUT2D eigenvalue weighted by atomic mass is 9.98. The number of fused-ring (bicyclic) bond motifs is 4. The fourth-order valence-electron chi connectivity index (χ4n) is 6.82. The first-order valence-electron chi connectivity index (χ1n) is 16.7. The number of hydrogen-bond acceptors (Lipinski definition) is 5. The van der Waals surface area contributed by atoms with Crippen molar-refractivity contribution in [2.75, 3.05) is 0 Å². The molecule has 5 heteroatoms. The number of hydrogen-bond donors (Lipinski definition) is 0. The van der Waals surface area contributed by atoms with Crippen molar-refractivity contribution in [3.8, 4) is 56.3 Å². The molecule has 236 valence electrons. The van der Waals surface area contributed by atoms with E-state index in [-0.39, 0.29) is 0 Å². The number of rotatable bonds is 5. The average molecular weight is 642 g/mol. The van der Waals surface area contributed by atoms with Gasteiger partial charge in [-0.15, -0.1) is 0 Å². The van der Waals surface area contributed by atoms with Gasteiger partial charge in [0.25, 0.3) is 0 Å². The van der Waals surface area contributed by atoms with Crippen molar-refractivity contribution in [3.05, 3.63) is 163 Å². The molecule has 0 saturated carbocycles. The van der Waals surface area contributed by atoms with Crippen LogP contribution in [0.5, 0.6) is 0 Å². The van der Waals surface area contributed by atoms with Crippen LogP contribution in [0.3, 0.4) is 0 Å². The molecule has 0 radical (unpaired) electrons. The highest BCUT2D eigenvalue weighted by atomic mass is 14.9. The van der Waals surface area contributed by atoms with Crippen LogP contribution in [0.4, 0.5) is 0 Å². The molecule has 9 aromatic rings. The van der Waals surface area contributed by atoms with Gasteiger partial charge in [-0.3, -0.25) is 9.97 Å². The second kappa shape index (κ2) is 12.1. The highest BCUT2D eigenvalue weighted by Crippen LogP contribution is 2.34. The minimum absolute atomic E-state index is 0.681. The SMILES string of the molecule is Cc1cc(C)c2ccc3ccc(-c4ccc(-c5cc(-c6cccc(-c7cccc8cccnc78)c6)nc(-c6ccccc6)n5)cc4)nc3c2n1. The van der Waals surface area contributed by atoms with Gasteiger partial charge in [0.15, 0.2) is 5.82 Å². The summed E-state index contributed by atoms with van der Waals surface area (Å²) in [4.78, 5) is 24.9. The minimum Gasteiger partial charge on any atom is -0.256 e. The molecule has 0 unspecified atom stereocenters. The van der Waals surface area contributed by atoms with E-state index < -0.39 is 0 Å². The van der Waals surface area contributed by atoms with Gasteiger partial charge >= 0.3 is 0 Å². The Morgan fingerprint density at radius 1 is 0.400 bits per heavy atom. The second-order valence-electron chi connectivity index (χ2n) is 12.7. The first kappa shape index (κ1) is 29.5. The zero-order valence-corrected chi connectivity index (χ0v) is 27.7. The summed E-state index contributed by atoms with van der Waals surface area (Å²) in [5.41, 5.74) is 13.9. The predicted molar refractivity (Wildman–Crippen MR) is 205 cm³/mol. The van der Waals surface area contributed by atoms with E-state index >= 15 is 0 Å². The lowest BCUT2D eigenvalue weighted by Gasteiger charge is -2.12. The van der Waals surface area contributed by atoms with Gasteiger partial charge in [0.05, 0.1) is 33.6 Å². The number of pyridine rings is 3. The van der Waals surface area contributed by atoms with E-state index in [1.807, 2.05) is 37.4 Å². The molecule has 0 aliphatic rings. The smallest absolute Gasteiger partial charge is 0.160 e. The van der Waals surface area contributed by atoms with Crippen molar-refractivity contribution < 1.29 is 0 Å². The fourth-order valence-corrected chi connectivity index (χ4v) is 6.82. The van der Waals surface area contributed by atoms with Crippen LogP contribution in [0.1, 0.15) is 11.3 Å². The van der Waals surface area contributed by atoms with Crippen molar-refractivity contribution >= 4 is 32.7 Å².